The fourth-order valence-electron chi connectivity index (χ4n) is 2.50. The zero-order chi connectivity index (χ0) is 14.3. The number of amides is 2. The summed E-state index contributed by atoms with van der Waals surface area (Å²) in [6.45, 7) is 4.27. The maximum atomic E-state index is 12.1. The fourth-order valence-corrected chi connectivity index (χ4v) is 2.50. The summed E-state index contributed by atoms with van der Waals surface area (Å²) in [6, 6.07) is 0.244. The van der Waals surface area contributed by atoms with E-state index < -0.39 is 5.91 Å². The highest BCUT2D eigenvalue weighted by molar-refractivity contribution is 6.35. The van der Waals surface area contributed by atoms with Crippen LogP contribution in [0.25, 0.3) is 0 Å². The second-order valence-electron chi connectivity index (χ2n) is 5.47. The number of hydrogen-bond donors (Lipinski definition) is 1. The van der Waals surface area contributed by atoms with Gasteiger partial charge in [-0.25, -0.2) is 0 Å². The normalized spacial score (nSPS) is 19.6. The van der Waals surface area contributed by atoms with Crippen LogP contribution in [-0.4, -0.2) is 61.4 Å². The number of piperidine rings is 1. The Morgan fingerprint density at radius 1 is 1.32 bits per heavy atom. The van der Waals surface area contributed by atoms with Gasteiger partial charge in [0.15, 0.2) is 0 Å². The van der Waals surface area contributed by atoms with E-state index >= 15 is 0 Å². The van der Waals surface area contributed by atoms with Gasteiger partial charge in [-0.1, -0.05) is 6.92 Å². The van der Waals surface area contributed by atoms with E-state index in [2.05, 4.69) is 17.1 Å². The highest BCUT2D eigenvalue weighted by atomic mass is 16.2. The molecule has 5 nitrogen and oxygen atoms in total. The van der Waals surface area contributed by atoms with Crippen LogP contribution >= 0.6 is 0 Å². The van der Waals surface area contributed by atoms with E-state index in [1.165, 1.54) is 0 Å². The molecule has 1 saturated heterocycles. The van der Waals surface area contributed by atoms with E-state index in [1.807, 2.05) is 14.1 Å². The second kappa shape index (κ2) is 8.15. The minimum atomic E-state index is -0.445. The molecule has 0 radical (unpaired) electrons. The summed E-state index contributed by atoms with van der Waals surface area (Å²) in [5, 5.41) is 2.72. The van der Waals surface area contributed by atoms with Crippen LogP contribution in [0.4, 0.5) is 0 Å². The minimum Gasteiger partial charge on any atom is -0.348 e. The number of carbonyl (C=O) groups excluding carboxylic acids is 2. The third-order valence-corrected chi connectivity index (χ3v) is 3.62. The van der Waals surface area contributed by atoms with E-state index in [0.29, 0.717) is 6.54 Å². The topological polar surface area (TPSA) is 52.7 Å². The van der Waals surface area contributed by atoms with Crippen LogP contribution in [-0.2, 0) is 9.59 Å². The predicted molar refractivity (Wildman–Crippen MR) is 75.8 cm³/mol. The molecule has 0 bridgehead atoms. The molecule has 0 aliphatic carbocycles. The maximum Gasteiger partial charge on any atom is 0.312 e. The highest BCUT2D eigenvalue weighted by Crippen LogP contribution is 2.19. The molecule has 2 amide bonds. The molecule has 1 unspecified atom stereocenters. The van der Waals surface area contributed by atoms with Gasteiger partial charge in [0.05, 0.1) is 0 Å². The molecule has 1 N–H and O–H groups in total. The molecule has 1 rings (SSSR count). The van der Waals surface area contributed by atoms with Gasteiger partial charge in [-0.2, -0.15) is 0 Å². The lowest BCUT2D eigenvalue weighted by Crippen LogP contribution is -2.50. The Labute approximate surface area is 116 Å². The number of rotatable bonds is 5. The van der Waals surface area contributed by atoms with Crippen molar-refractivity contribution in [3.63, 3.8) is 0 Å². The Kier molecular flexibility index (Phi) is 6.84. The van der Waals surface area contributed by atoms with Gasteiger partial charge in [-0.3, -0.25) is 9.59 Å². The van der Waals surface area contributed by atoms with Gasteiger partial charge in [0.2, 0.25) is 0 Å². The summed E-state index contributed by atoms with van der Waals surface area (Å²) in [5.74, 6) is -0.796. The van der Waals surface area contributed by atoms with Crippen molar-refractivity contribution >= 4 is 11.8 Å². The van der Waals surface area contributed by atoms with Crippen LogP contribution in [0.1, 0.15) is 39.0 Å². The highest BCUT2D eigenvalue weighted by Gasteiger charge is 2.29. The lowest BCUT2D eigenvalue weighted by atomic mass is 10.00. The Morgan fingerprint density at radius 3 is 2.68 bits per heavy atom. The molecule has 0 aromatic carbocycles. The van der Waals surface area contributed by atoms with E-state index in [0.717, 1.165) is 45.2 Å². The molecule has 1 atom stereocenters. The zero-order valence-electron chi connectivity index (χ0n) is 12.4. The van der Waals surface area contributed by atoms with Crippen molar-refractivity contribution < 1.29 is 9.59 Å². The van der Waals surface area contributed by atoms with Crippen LogP contribution in [0.3, 0.4) is 0 Å². The molecule has 1 aliphatic heterocycles. The van der Waals surface area contributed by atoms with Crippen LogP contribution in [0, 0.1) is 0 Å². The lowest BCUT2D eigenvalue weighted by Gasteiger charge is -2.34. The van der Waals surface area contributed by atoms with Crippen molar-refractivity contribution in [1.29, 1.82) is 0 Å². The molecule has 0 saturated carbocycles. The van der Waals surface area contributed by atoms with Gasteiger partial charge in [0.25, 0.3) is 0 Å². The van der Waals surface area contributed by atoms with Crippen LogP contribution in [0.15, 0.2) is 0 Å². The van der Waals surface area contributed by atoms with Crippen LogP contribution in [0.5, 0.6) is 0 Å². The van der Waals surface area contributed by atoms with E-state index in [9.17, 15) is 9.59 Å². The van der Waals surface area contributed by atoms with E-state index in [4.69, 9.17) is 0 Å². The van der Waals surface area contributed by atoms with Gasteiger partial charge in [0, 0.05) is 19.1 Å². The van der Waals surface area contributed by atoms with E-state index in [-0.39, 0.29) is 11.9 Å². The van der Waals surface area contributed by atoms with Gasteiger partial charge in [0.1, 0.15) is 0 Å². The van der Waals surface area contributed by atoms with Crippen molar-refractivity contribution in [1.82, 2.24) is 15.1 Å². The number of carbonyl (C=O) groups is 2. The van der Waals surface area contributed by atoms with Crippen molar-refractivity contribution in [3.05, 3.63) is 0 Å². The average Bonchev–Trinajstić information content (AvgIpc) is 2.42. The summed E-state index contributed by atoms with van der Waals surface area (Å²) < 4.78 is 0. The zero-order valence-corrected chi connectivity index (χ0v) is 12.4. The fraction of sp³-hybridized carbons (Fsp3) is 0.857. The quantitative estimate of drug-likeness (QED) is 0.594. The van der Waals surface area contributed by atoms with Gasteiger partial charge in [-0.05, 0) is 52.7 Å². The first kappa shape index (κ1) is 16.0. The standard InChI is InChI=1S/C14H27N3O2/c1-4-12-8-5-6-11-17(12)14(19)13(18)15-9-7-10-16(2)3/h12H,4-11H2,1-3H3,(H,15,18). The first-order valence-electron chi connectivity index (χ1n) is 7.29. The Bertz CT molecular complexity index is 305. The van der Waals surface area contributed by atoms with Crippen molar-refractivity contribution in [3.8, 4) is 0 Å². The molecule has 5 heteroatoms. The Balaban J connectivity index is 2.36. The maximum absolute atomic E-state index is 12.1. The molecular formula is C14H27N3O2. The lowest BCUT2D eigenvalue weighted by molar-refractivity contribution is -0.148. The third kappa shape index (κ3) is 5.19. The van der Waals surface area contributed by atoms with Gasteiger partial charge in [-0.15, -0.1) is 0 Å². The average molecular weight is 269 g/mol. The van der Waals surface area contributed by atoms with Crippen molar-refractivity contribution in [2.24, 2.45) is 0 Å². The van der Waals surface area contributed by atoms with Crippen molar-refractivity contribution in [2.45, 2.75) is 45.1 Å². The molecule has 110 valence electrons. The van der Waals surface area contributed by atoms with Gasteiger partial charge >= 0.3 is 11.8 Å². The molecule has 1 heterocycles. The summed E-state index contributed by atoms with van der Waals surface area (Å²) in [5.41, 5.74) is 0. The Morgan fingerprint density at radius 2 is 2.05 bits per heavy atom. The summed E-state index contributed by atoms with van der Waals surface area (Å²) in [7, 11) is 3.99. The predicted octanol–water partition coefficient (Wildman–Crippen LogP) is 0.845. The Hall–Kier alpha value is -1.10. The monoisotopic (exact) mass is 269 g/mol. The molecule has 19 heavy (non-hydrogen) atoms. The van der Waals surface area contributed by atoms with Gasteiger partial charge < -0.3 is 15.1 Å². The molecule has 0 spiro atoms. The smallest absolute Gasteiger partial charge is 0.312 e. The molecule has 1 fully saturated rings. The summed E-state index contributed by atoms with van der Waals surface area (Å²) in [6.07, 6.45) is 4.99. The summed E-state index contributed by atoms with van der Waals surface area (Å²) >= 11 is 0. The number of nitrogens with one attached hydrogen (secondary N) is 1. The third-order valence-electron chi connectivity index (χ3n) is 3.62. The summed E-state index contributed by atoms with van der Waals surface area (Å²) in [4.78, 5) is 27.7. The first-order valence-corrected chi connectivity index (χ1v) is 7.29. The van der Waals surface area contributed by atoms with Crippen LogP contribution in [0.2, 0.25) is 0 Å². The number of hydrogen-bond acceptors (Lipinski definition) is 3. The first-order chi connectivity index (χ1) is 9.06. The number of likely N-dealkylation sites (tertiary alicyclic amines) is 1. The second-order valence-corrected chi connectivity index (χ2v) is 5.47. The molecule has 0 aromatic heterocycles. The number of nitrogens with zero attached hydrogens (tertiary/aromatic N) is 2. The molecule has 1 aliphatic rings. The van der Waals surface area contributed by atoms with Crippen molar-refractivity contribution in [2.75, 3.05) is 33.7 Å². The molecular weight excluding hydrogens is 242 g/mol. The largest absolute Gasteiger partial charge is 0.348 e. The molecule has 0 aromatic rings. The van der Waals surface area contributed by atoms with E-state index in [1.54, 1.807) is 4.90 Å². The SMILES string of the molecule is CCC1CCCCN1C(=O)C(=O)NCCCN(C)C. The minimum absolute atomic E-state index is 0.244. The van der Waals surface area contributed by atoms with Crippen LogP contribution < -0.4 is 5.32 Å².